The number of aromatic nitrogens is 3. The number of hydrogen-bond donors (Lipinski definition) is 7. The molecule has 0 spiro atoms. The van der Waals surface area contributed by atoms with E-state index in [1.807, 2.05) is 0 Å². The van der Waals surface area contributed by atoms with Crippen LogP contribution in [0.3, 0.4) is 0 Å². The smallest absolute Gasteiger partial charge is 0.306 e. The highest BCUT2D eigenvalue weighted by Crippen LogP contribution is 2.30. The number of rotatable bonds is 41. The highest BCUT2D eigenvalue weighted by atomic mass is 32.2. The normalized spacial score (nSPS) is 20.3. The average Bonchev–Trinajstić information content (AvgIpc) is 3.77. The summed E-state index contributed by atoms with van der Waals surface area (Å²) in [6.07, 6.45) is 22.3. The summed E-state index contributed by atoms with van der Waals surface area (Å²) in [4.78, 5) is 52.9. The van der Waals surface area contributed by atoms with Crippen LogP contribution >= 0.6 is 11.8 Å². The summed E-state index contributed by atoms with van der Waals surface area (Å²) in [6.45, 7) is 6.48. The summed E-state index contributed by atoms with van der Waals surface area (Å²) in [5.41, 5.74) is 0. The van der Waals surface area contributed by atoms with Crippen LogP contribution in [0, 0.1) is 0 Å². The molecule has 7 N–H and O–H groups in total. The van der Waals surface area contributed by atoms with E-state index in [9.17, 15) is 44.7 Å². The predicted molar refractivity (Wildman–Crippen MR) is 263 cm³/mol. The number of aliphatic hydroxyl groups is 5. The molecule has 67 heavy (non-hydrogen) atoms. The molecule has 0 aliphatic heterocycles. The summed E-state index contributed by atoms with van der Waals surface area (Å²) in [6, 6.07) is -2.47. The zero-order chi connectivity index (χ0) is 49.1. The van der Waals surface area contributed by atoms with E-state index < -0.39 is 54.6 Å². The maximum Gasteiger partial charge on any atom is 0.306 e. The van der Waals surface area contributed by atoms with Crippen LogP contribution in [0.25, 0.3) is 0 Å². The molecule has 0 saturated heterocycles. The van der Waals surface area contributed by atoms with Crippen LogP contribution in [-0.2, 0) is 28.7 Å². The zero-order valence-corrected chi connectivity index (χ0v) is 42.3. The lowest BCUT2D eigenvalue weighted by Gasteiger charge is -2.41. The first-order valence-electron chi connectivity index (χ1n) is 26.3. The molecule has 1 heterocycles. The van der Waals surface area contributed by atoms with Crippen molar-refractivity contribution in [3.05, 3.63) is 6.20 Å². The monoisotopic (exact) mass is 970 g/mol. The van der Waals surface area contributed by atoms with E-state index in [1.165, 1.54) is 114 Å². The maximum absolute atomic E-state index is 13.8. The van der Waals surface area contributed by atoms with Crippen LogP contribution in [0.5, 0.6) is 0 Å². The van der Waals surface area contributed by atoms with Crippen molar-refractivity contribution >= 4 is 41.3 Å². The third kappa shape index (κ3) is 26.7. The van der Waals surface area contributed by atoms with Gasteiger partial charge in [-0.15, -0.1) is 5.10 Å². The first-order chi connectivity index (χ1) is 32.4. The molecule has 0 radical (unpaired) electrons. The lowest BCUT2D eigenvalue weighted by atomic mass is 9.83. The highest BCUT2D eigenvalue weighted by Gasteiger charge is 2.49. The minimum absolute atomic E-state index is 0.0680. The number of amides is 2. The van der Waals surface area contributed by atoms with Crippen LogP contribution < -0.4 is 10.6 Å². The minimum Gasteiger partial charge on any atom is -0.462 e. The van der Waals surface area contributed by atoms with Gasteiger partial charge < -0.3 is 45.6 Å². The Morgan fingerprint density at radius 2 is 1.00 bits per heavy atom. The second-order valence-corrected chi connectivity index (χ2v) is 19.8. The van der Waals surface area contributed by atoms with Gasteiger partial charge in [0.05, 0.1) is 6.20 Å². The van der Waals surface area contributed by atoms with Gasteiger partial charge in [-0.1, -0.05) is 180 Å². The number of esters is 2. The molecule has 16 nitrogen and oxygen atoms in total. The molecule has 1 fully saturated rings. The van der Waals surface area contributed by atoms with Gasteiger partial charge in [-0.25, -0.2) is 4.68 Å². The molecule has 1 aromatic rings. The van der Waals surface area contributed by atoms with Gasteiger partial charge in [-0.05, 0) is 19.3 Å². The summed E-state index contributed by atoms with van der Waals surface area (Å²) in [5, 5.41) is 64.9. The van der Waals surface area contributed by atoms with Gasteiger partial charge in [-0.3, -0.25) is 19.2 Å². The van der Waals surface area contributed by atoms with Crippen LogP contribution in [0.1, 0.15) is 219 Å². The zero-order valence-electron chi connectivity index (χ0n) is 41.5. The molecule has 1 aliphatic rings. The lowest BCUT2D eigenvalue weighted by molar-refractivity contribution is -0.200. The number of thioether (sulfide) groups is 1. The quantitative estimate of drug-likeness (QED) is 0.0243. The molecule has 2 rings (SSSR count). The Morgan fingerprint density at radius 3 is 1.48 bits per heavy atom. The van der Waals surface area contributed by atoms with Gasteiger partial charge in [0.15, 0.2) is 5.82 Å². The number of carbonyl (C=O) groups is 4. The maximum atomic E-state index is 13.8. The fraction of sp³-hybridized carbons (Fsp3) is 0.880. The molecule has 388 valence electrons. The number of nitrogens with zero attached hydrogens (tertiary/aromatic N) is 3. The number of carbonyl (C=O) groups excluding carboxylic acids is 4. The Hall–Kier alpha value is -2.83. The van der Waals surface area contributed by atoms with Crippen molar-refractivity contribution in [3.8, 4) is 0 Å². The van der Waals surface area contributed by atoms with E-state index in [0.29, 0.717) is 12.8 Å². The summed E-state index contributed by atoms with van der Waals surface area (Å²) in [7, 11) is 0. The molecule has 1 aromatic heterocycles. The molecule has 1 saturated carbocycles. The fourth-order valence-electron chi connectivity index (χ4n) is 8.36. The van der Waals surface area contributed by atoms with Crippen molar-refractivity contribution in [3.63, 3.8) is 0 Å². The topological polar surface area (TPSA) is 243 Å². The number of anilines is 1. The predicted octanol–water partition coefficient (Wildman–Crippen LogP) is 8.01. The van der Waals surface area contributed by atoms with Crippen molar-refractivity contribution in [1.29, 1.82) is 0 Å². The van der Waals surface area contributed by atoms with Gasteiger partial charge in [0.2, 0.25) is 11.8 Å². The third-order valence-corrected chi connectivity index (χ3v) is 13.8. The van der Waals surface area contributed by atoms with Crippen LogP contribution in [0.15, 0.2) is 6.20 Å². The standard InChI is InChI=1S/C50H91N5O11S/c1-4-7-10-13-16-19-22-25-28-31-41(56)51-39(50(64)52-40-34-55(54-53-40)44-45(59)47(61)49(63)48(62)46(44)60)37-67-36-38(66-43(58)33-30-27-24-21-18-15-12-9-6-3)35-65-42(57)32-29-26-23-20-17-14-11-8-5-2/h34,38-39,44-49,59-63H,4-33,35-37H2,1-3H3,(H,51,56)(H,52,64)/t38-,39-,44?,45+,46+,47-,48+,49?/m1/s1. The Labute approximate surface area is 406 Å². The van der Waals surface area contributed by atoms with Crippen molar-refractivity contribution < 1.29 is 54.2 Å². The second kappa shape index (κ2) is 38.0. The molecule has 17 heteroatoms. The SMILES string of the molecule is CCCCCCCCCCCC(=O)N[C@H](CSC[C@@H](COC(=O)CCCCCCCCCCC)OC(=O)CCCCCCCCCCC)C(=O)Nc1cn(C2[C@H](O)[C@H](O)C(O)[C@H](O)[C@H]2O)nn1. The number of hydrogen-bond acceptors (Lipinski definition) is 14. The molecule has 1 aliphatic carbocycles. The van der Waals surface area contributed by atoms with Gasteiger partial charge in [0.1, 0.15) is 55.3 Å². The summed E-state index contributed by atoms with van der Waals surface area (Å²) >= 11 is 1.26. The first-order valence-corrected chi connectivity index (χ1v) is 27.4. The van der Waals surface area contributed by atoms with E-state index in [2.05, 4.69) is 41.7 Å². The second-order valence-electron chi connectivity index (χ2n) is 18.7. The molecule has 2 amide bonds. The number of aliphatic hydroxyl groups excluding tert-OH is 5. The van der Waals surface area contributed by atoms with Gasteiger partial charge in [-0.2, -0.15) is 11.8 Å². The van der Waals surface area contributed by atoms with Gasteiger partial charge >= 0.3 is 11.9 Å². The largest absolute Gasteiger partial charge is 0.462 e. The van der Waals surface area contributed by atoms with Crippen molar-refractivity contribution in [2.24, 2.45) is 0 Å². The summed E-state index contributed by atoms with van der Waals surface area (Å²) < 4.78 is 12.5. The molecular formula is C50H91N5O11S. The number of ether oxygens (including phenoxy) is 2. The van der Waals surface area contributed by atoms with E-state index in [-0.39, 0.29) is 61.0 Å². The van der Waals surface area contributed by atoms with Gasteiger partial charge in [0.25, 0.3) is 0 Å². The van der Waals surface area contributed by atoms with Crippen LogP contribution in [-0.4, -0.2) is 125 Å². The Bertz CT molecular complexity index is 1440. The molecule has 0 bridgehead atoms. The lowest BCUT2D eigenvalue weighted by Crippen LogP contribution is -2.61. The highest BCUT2D eigenvalue weighted by molar-refractivity contribution is 7.99. The van der Waals surface area contributed by atoms with Crippen molar-refractivity contribution in [1.82, 2.24) is 20.3 Å². The molecule has 8 atom stereocenters. The van der Waals surface area contributed by atoms with E-state index in [4.69, 9.17) is 9.47 Å². The van der Waals surface area contributed by atoms with E-state index >= 15 is 0 Å². The van der Waals surface area contributed by atoms with Crippen molar-refractivity contribution in [2.75, 3.05) is 23.4 Å². The Kier molecular flexibility index (Phi) is 34.2. The van der Waals surface area contributed by atoms with Crippen LogP contribution in [0.2, 0.25) is 0 Å². The Balaban J connectivity index is 2.07. The molecular weight excluding hydrogens is 879 g/mol. The number of nitrogens with one attached hydrogen (secondary N) is 2. The Morgan fingerprint density at radius 1 is 0.582 bits per heavy atom. The van der Waals surface area contributed by atoms with Crippen LogP contribution in [0.4, 0.5) is 5.82 Å². The molecule has 2 unspecified atom stereocenters. The first kappa shape index (κ1) is 60.3. The number of unbranched alkanes of at least 4 members (excludes halogenated alkanes) is 24. The minimum atomic E-state index is -1.79. The molecule has 0 aromatic carbocycles. The average molecular weight is 970 g/mol. The summed E-state index contributed by atoms with van der Waals surface area (Å²) in [5.74, 6) is -1.50. The van der Waals surface area contributed by atoms with E-state index in [1.54, 1.807) is 0 Å². The van der Waals surface area contributed by atoms with E-state index in [0.717, 1.165) is 68.9 Å². The third-order valence-electron chi connectivity index (χ3n) is 12.6. The van der Waals surface area contributed by atoms with Gasteiger partial charge in [0, 0.05) is 30.8 Å². The fourth-order valence-corrected chi connectivity index (χ4v) is 9.39. The van der Waals surface area contributed by atoms with Crippen molar-refractivity contribution in [2.45, 2.75) is 262 Å².